The zero-order chi connectivity index (χ0) is 15.5. The number of rotatable bonds is 3. The van der Waals surface area contributed by atoms with E-state index in [2.05, 4.69) is 4.99 Å². The van der Waals surface area contributed by atoms with Crippen molar-refractivity contribution in [1.82, 2.24) is 0 Å². The van der Waals surface area contributed by atoms with Gasteiger partial charge in [-0.3, -0.25) is 0 Å². The fraction of sp³-hybridized carbons (Fsp3) is 0.0588. The highest BCUT2D eigenvalue weighted by molar-refractivity contribution is 6.30. The Kier molecular flexibility index (Phi) is 3.94. The van der Waals surface area contributed by atoms with Crippen LogP contribution in [0.5, 0.6) is 5.75 Å². The van der Waals surface area contributed by atoms with Crippen LogP contribution in [0, 0.1) is 0 Å². The summed E-state index contributed by atoms with van der Waals surface area (Å²) in [7, 11) is 1.59. The third-order valence-corrected chi connectivity index (χ3v) is 3.34. The van der Waals surface area contributed by atoms with Gasteiger partial charge >= 0.3 is 5.97 Å². The number of carbonyl (C=O) groups is 1. The highest BCUT2D eigenvalue weighted by atomic mass is 35.5. The third-order valence-electron chi connectivity index (χ3n) is 3.11. The number of halogens is 1. The van der Waals surface area contributed by atoms with Crippen LogP contribution in [0.15, 0.2) is 59.2 Å². The number of carbonyl (C=O) groups excluding carboxylic acids is 1. The first-order chi connectivity index (χ1) is 10.7. The molecular weight excluding hydrogens is 302 g/mol. The minimum absolute atomic E-state index is 0.244. The second-order valence-corrected chi connectivity index (χ2v) is 5.06. The van der Waals surface area contributed by atoms with Crippen molar-refractivity contribution in [2.24, 2.45) is 4.99 Å². The van der Waals surface area contributed by atoms with Crippen molar-refractivity contribution in [2.75, 3.05) is 7.11 Å². The first-order valence-electron chi connectivity index (χ1n) is 6.58. The Morgan fingerprint density at radius 3 is 2.64 bits per heavy atom. The number of methoxy groups -OCH3 is 1. The van der Waals surface area contributed by atoms with E-state index in [9.17, 15) is 4.79 Å². The topological polar surface area (TPSA) is 47.9 Å². The fourth-order valence-corrected chi connectivity index (χ4v) is 2.22. The quantitative estimate of drug-likeness (QED) is 0.641. The molecule has 2 aromatic carbocycles. The average molecular weight is 314 g/mol. The van der Waals surface area contributed by atoms with Gasteiger partial charge in [0.1, 0.15) is 5.75 Å². The summed E-state index contributed by atoms with van der Waals surface area (Å²) in [5, 5.41) is 0.597. The molecule has 0 bridgehead atoms. The van der Waals surface area contributed by atoms with Gasteiger partial charge in [-0.2, -0.15) is 0 Å². The molecule has 0 unspecified atom stereocenters. The number of hydrogen-bond donors (Lipinski definition) is 0. The number of cyclic esters (lactones) is 1. The Hall–Kier alpha value is -2.59. The van der Waals surface area contributed by atoms with Gasteiger partial charge < -0.3 is 9.47 Å². The van der Waals surface area contributed by atoms with Crippen LogP contribution in [0.2, 0.25) is 5.02 Å². The predicted octanol–water partition coefficient (Wildman–Crippen LogP) is 3.69. The van der Waals surface area contributed by atoms with Gasteiger partial charge in [0.2, 0.25) is 5.90 Å². The molecule has 1 heterocycles. The zero-order valence-electron chi connectivity index (χ0n) is 11.7. The number of hydrogen-bond acceptors (Lipinski definition) is 4. The van der Waals surface area contributed by atoms with Crippen LogP contribution < -0.4 is 4.74 Å². The minimum Gasteiger partial charge on any atom is -0.497 e. The molecule has 0 radical (unpaired) electrons. The van der Waals surface area contributed by atoms with E-state index in [1.165, 1.54) is 0 Å². The first-order valence-corrected chi connectivity index (χ1v) is 6.96. The molecule has 0 amide bonds. The highest BCUT2D eigenvalue weighted by Gasteiger charge is 2.24. The first kappa shape index (κ1) is 14.4. The standard InChI is InChI=1S/C17H12ClNO3/c1-21-14-7-5-12(6-8-14)16-19-15(17(20)22-16)10-11-3-2-4-13(18)9-11/h2-10H,1H3/b15-10-. The number of benzene rings is 2. The Morgan fingerprint density at radius 1 is 1.18 bits per heavy atom. The molecule has 0 spiro atoms. The molecular formula is C17H12ClNO3. The summed E-state index contributed by atoms with van der Waals surface area (Å²) in [5.74, 6) is 0.523. The van der Waals surface area contributed by atoms with Crippen molar-refractivity contribution < 1.29 is 14.3 Å². The SMILES string of the molecule is COc1ccc(C2=N/C(=C\c3cccc(Cl)c3)C(=O)O2)cc1. The van der Waals surface area contributed by atoms with E-state index in [0.717, 1.165) is 11.3 Å². The van der Waals surface area contributed by atoms with E-state index in [1.54, 1.807) is 49.6 Å². The van der Waals surface area contributed by atoms with Gasteiger partial charge in [-0.15, -0.1) is 0 Å². The number of ether oxygens (including phenoxy) is 2. The average Bonchev–Trinajstić information content (AvgIpc) is 2.88. The van der Waals surface area contributed by atoms with Crippen molar-refractivity contribution in [3.8, 4) is 5.75 Å². The van der Waals surface area contributed by atoms with Crippen molar-refractivity contribution in [3.05, 3.63) is 70.4 Å². The van der Waals surface area contributed by atoms with Crippen LogP contribution in [-0.2, 0) is 9.53 Å². The Labute approximate surface area is 132 Å². The number of nitrogens with zero attached hydrogens (tertiary/aromatic N) is 1. The largest absolute Gasteiger partial charge is 0.497 e. The number of aliphatic imine (C=N–C) groups is 1. The van der Waals surface area contributed by atoms with Crippen LogP contribution >= 0.6 is 11.6 Å². The lowest BCUT2D eigenvalue weighted by atomic mass is 10.2. The van der Waals surface area contributed by atoms with Crippen LogP contribution in [-0.4, -0.2) is 19.0 Å². The summed E-state index contributed by atoms with van der Waals surface area (Å²) >= 11 is 5.93. The van der Waals surface area contributed by atoms with Gasteiger partial charge in [-0.1, -0.05) is 23.7 Å². The van der Waals surface area contributed by atoms with E-state index in [-0.39, 0.29) is 11.6 Å². The predicted molar refractivity (Wildman–Crippen MR) is 85.1 cm³/mol. The van der Waals surface area contributed by atoms with E-state index in [1.807, 2.05) is 12.1 Å². The Morgan fingerprint density at radius 2 is 1.95 bits per heavy atom. The molecule has 0 saturated carbocycles. The molecule has 2 aromatic rings. The molecule has 0 saturated heterocycles. The molecule has 110 valence electrons. The summed E-state index contributed by atoms with van der Waals surface area (Å²) in [4.78, 5) is 16.1. The summed E-state index contributed by atoms with van der Waals surface area (Å²) in [5.41, 5.74) is 1.75. The second kappa shape index (κ2) is 6.03. The molecule has 4 nitrogen and oxygen atoms in total. The molecule has 5 heteroatoms. The van der Waals surface area contributed by atoms with Crippen LogP contribution in [0.25, 0.3) is 6.08 Å². The van der Waals surface area contributed by atoms with Crippen LogP contribution in [0.3, 0.4) is 0 Å². The number of esters is 1. The summed E-state index contributed by atoms with van der Waals surface area (Å²) in [6.07, 6.45) is 1.64. The smallest absolute Gasteiger partial charge is 0.363 e. The van der Waals surface area contributed by atoms with Crippen LogP contribution in [0.1, 0.15) is 11.1 Å². The third kappa shape index (κ3) is 3.02. The monoisotopic (exact) mass is 313 g/mol. The highest BCUT2D eigenvalue weighted by Crippen LogP contribution is 2.21. The molecule has 1 aliphatic heterocycles. The van der Waals surface area contributed by atoms with Gasteiger partial charge in [0, 0.05) is 10.6 Å². The maximum absolute atomic E-state index is 11.9. The zero-order valence-corrected chi connectivity index (χ0v) is 12.5. The van der Waals surface area contributed by atoms with Crippen molar-refractivity contribution in [1.29, 1.82) is 0 Å². The van der Waals surface area contributed by atoms with Gasteiger partial charge in [0.15, 0.2) is 5.70 Å². The Bertz CT molecular complexity index is 779. The summed E-state index contributed by atoms with van der Waals surface area (Å²) < 4.78 is 10.3. The molecule has 22 heavy (non-hydrogen) atoms. The molecule has 0 atom stereocenters. The van der Waals surface area contributed by atoms with E-state index in [4.69, 9.17) is 21.1 Å². The summed E-state index contributed by atoms with van der Waals surface area (Å²) in [6.45, 7) is 0. The molecule has 0 fully saturated rings. The van der Waals surface area contributed by atoms with Gasteiger partial charge in [-0.25, -0.2) is 9.79 Å². The second-order valence-electron chi connectivity index (χ2n) is 4.62. The molecule has 3 rings (SSSR count). The maximum atomic E-state index is 11.9. The maximum Gasteiger partial charge on any atom is 0.363 e. The molecule has 0 N–H and O–H groups in total. The van der Waals surface area contributed by atoms with Crippen LogP contribution in [0.4, 0.5) is 0 Å². The minimum atomic E-state index is -0.481. The molecule has 1 aliphatic rings. The van der Waals surface area contributed by atoms with Gasteiger partial charge in [-0.05, 0) is 48.0 Å². The summed E-state index contributed by atoms with van der Waals surface area (Å²) in [6, 6.07) is 14.3. The van der Waals surface area contributed by atoms with E-state index < -0.39 is 5.97 Å². The lowest BCUT2D eigenvalue weighted by molar-refractivity contribution is -0.129. The lowest BCUT2D eigenvalue weighted by Crippen LogP contribution is -2.05. The fourth-order valence-electron chi connectivity index (χ4n) is 2.02. The normalized spacial score (nSPS) is 15.6. The Balaban J connectivity index is 1.90. The van der Waals surface area contributed by atoms with Crippen molar-refractivity contribution >= 4 is 29.5 Å². The van der Waals surface area contributed by atoms with Gasteiger partial charge in [0.05, 0.1) is 7.11 Å². The molecule has 0 aliphatic carbocycles. The van der Waals surface area contributed by atoms with E-state index >= 15 is 0 Å². The van der Waals surface area contributed by atoms with Crippen molar-refractivity contribution in [3.63, 3.8) is 0 Å². The lowest BCUT2D eigenvalue weighted by Gasteiger charge is -2.01. The molecule has 0 aromatic heterocycles. The van der Waals surface area contributed by atoms with Crippen molar-refractivity contribution in [2.45, 2.75) is 0 Å². The van der Waals surface area contributed by atoms with E-state index in [0.29, 0.717) is 10.6 Å². The van der Waals surface area contributed by atoms with Gasteiger partial charge in [0.25, 0.3) is 0 Å².